The van der Waals surface area contributed by atoms with Gasteiger partial charge in [-0.15, -0.1) is 0 Å². The molecular weight excluding hydrogens is 298 g/mol. The van der Waals surface area contributed by atoms with Gasteiger partial charge in [-0.3, -0.25) is 4.79 Å². The molecule has 1 amide bonds. The van der Waals surface area contributed by atoms with Gasteiger partial charge in [-0.05, 0) is 41.5 Å². The van der Waals surface area contributed by atoms with E-state index in [0.29, 0.717) is 19.0 Å². The lowest BCUT2D eigenvalue weighted by atomic mass is 10.0. The second kappa shape index (κ2) is 5.77. The van der Waals surface area contributed by atoms with E-state index in [2.05, 4.69) is 31.5 Å². The third-order valence-electron chi connectivity index (χ3n) is 3.07. The Hall–Kier alpha value is -0.980. The highest BCUT2D eigenvalue weighted by Crippen LogP contribution is 2.19. The maximum absolute atomic E-state index is 12.1. The van der Waals surface area contributed by atoms with Crippen molar-refractivity contribution in [1.82, 2.24) is 10.3 Å². The van der Waals surface area contributed by atoms with Gasteiger partial charge in [0.25, 0.3) is 0 Å². The highest BCUT2D eigenvalue weighted by molar-refractivity contribution is 9.10. The molecule has 2 heterocycles. The number of hydrogen-bond acceptors (Lipinski definition) is 4. The van der Waals surface area contributed by atoms with Gasteiger partial charge in [0.05, 0.1) is 19.1 Å². The molecule has 0 aromatic carbocycles. The van der Waals surface area contributed by atoms with Gasteiger partial charge in [-0.1, -0.05) is 0 Å². The fourth-order valence-corrected chi connectivity index (χ4v) is 2.42. The van der Waals surface area contributed by atoms with Gasteiger partial charge in [-0.25, -0.2) is 4.98 Å². The quantitative estimate of drug-likeness (QED) is 0.883. The van der Waals surface area contributed by atoms with Gasteiger partial charge in [-0.2, -0.15) is 0 Å². The summed E-state index contributed by atoms with van der Waals surface area (Å²) in [5, 5.41) is 5.94. The molecule has 1 saturated heterocycles. The summed E-state index contributed by atoms with van der Waals surface area (Å²) < 4.78 is 6.22. The Morgan fingerprint density at radius 1 is 1.56 bits per heavy atom. The number of rotatable bonds is 3. The SMILES string of the molecule is CNC1COCC1C(=O)Nc1ncc(Br)cc1C. The molecule has 0 aliphatic carbocycles. The monoisotopic (exact) mass is 313 g/mol. The topological polar surface area (TPSA) is 63.2 Å². The molecule has 1 aromatic rings. The number of pyridine rings is 1. The number of likely N-dealkylation sites (N-methyl/N-ethyl adjacent to an activating group) is 1. The Kier molecular flexibility index (Phi) is 4.31. The summed E-state index contributed by atoms with van der Waals surface area (Å²) in [6.45, 7) is 2.93. The number of aryl methyl sites for hydroxylation is 1. The zero-order valence-electron chi connectivity index (χ0n) is 10.4. The average molecular weight is 314 g/mol. The third kappa shape index (κ3) is 2.88. The lowest BCUT2D eigenvalue weighted by Crippen LogP contribution is -2.39. The molecule has 1 aliphatic heterocycles. The van der Waals surface area contributed by atoms with Crippen LogP contribution in [0.2, 0.25) is 0 Å². The van der Waals surface area contributed by atoms with Crippen molar-refractivity contribution in [3.8, 4) is 0 Å². The largest absolute Gasteiger partial charge is 0.379 e. The van der Waals surface area contributed by atoms with Crippen LogP contribution in [0, 0.1) is 12.8 Å². The van der Waals surface area contributed by atoms with Gasteiger partial charge >= 0.3 is 0 Å². The molecule has 98 valence electrons. The third-order valence-corrected chi connectivity index (χ3v) is 3.51. The maximum Gasteiger partial charge on any atom is 0.232 e. The smallest absolute Gasteiger partial charge is 0.232 e. The average Bonchev–Trinajstić information content (AvgIpc) is 2.81. The first-order chi connectivity index (χ1) is 8.61. The molecule has 2 unspecified atom stereocenters. The molecule has 1 fully saturated rings. The van der Waals surface area contributed by atoms with Crippen molar-refractivity contribution >= 4 is 27.7 Å². The minimum atomic E-state index is -0.167. The molecule has 0 bridgehead atoms. The first-order valence-corrected chi connectivity index (χ1v) is 6.59. The lowest BCUT2D eigenvalue weighted by molar-refractivity contribution is -0.120. The van der Waals surface area contributed by atoms with E-state index in [-0.39, 0.29) is 17.9 Å². The number of nitrogens with zero attached hydrogens (tertiary/aromatic N) is 1. The molecule has 5 nitrogen and oxygen atoms in total. The Balaban J connectivity index is 2.07. The Morgan fingerprint density at radius 3 is 3.00 bits per heavy atom. The highest BCUT2D eigenvalue weighted by Gasteiger charge is 2.33. The number of nitrogens with one attached hydrogen (secondary N) is 2. The molecule has 6 heteroatoms. The number of aromatic nitrogens is 1. The summed E-state index contributed by atoms with van der Waals surface area (Å²) in [7, 11) is 1.84. The van der Waals surface area contributed by atoms with Crippen LogP contribution in [0.25, 0.3) is 0 Å². The van der Waals surface area contributed by atoms with Crippen molar-refractivity contribution < 1.29 is 9.53 Å². The van der Waals surface area contributed by atoms with Crippen molar-refractivity contribution in [2.75, 3.05) is 25.6 Å². The summed E-state index contributed by atoms with van der Waals surface area (Å²) in [6.07, 6.45) is 1.67. The summed E-state index contributed by atoms with van der Waals surface area (Å²) >= 11 is 3.34. The predicted molar refractivity (Wildman–Crippen MR) is 72.5 cm³/mol. The molecule has 2 atom stereocenters. The van der Waals surface area contributed by atoms with E-state index in [9.17, 15) is 4.79 Å². The van der Waals surface area contributed by atoms with E-state index in [4.69, 9.17) is 4.74 Å². The summed E-state index contributed by atoms with van der Waals surface area (Å²) in [4.78, 5) is 16.3. The van der Waals surface area contributed by atoms with Crippen molar-refractivity contribution in [3.05, 3.63) is 22.3 Å². The van der Waals surface area contributed by atoms with Gasteiger partial charge in [0.1, 0.15) is 5.82 Å². The molecule has 0 spiro atoms. The maximum atomic E-state index is 12.1. The van der Waals surface area contributed by atoms with Crippen LogP contribution in [-0.2, 0) is 9.53 Å². The number of ether oxygens (including phenoxy) is 1. The van der Waals surface area contributed by atoms with Crippen LogP contribution in [-0.4, -0.2) is 37.2 Å². The Morgan fingerprint density at radius 2 is 2.33 bits per heavy atom. The van der Waals surface area contributed by atoms with Crippen LogP contribution in [0.5, 0.6) is 0 Å². The van der Waals surface area contributed by atoms with Crippen molar-refractivity contribution in [2.45, 2.75) is 13.0 Å². The van der Waals surface area contributed by atoms with E-state index in [1.54, 1.807) is 6.20 Å². The van der Waals surface area contributed by atoms with E-state index >= 15 is 0 Å². The van der Waals surface area contributed by atoms with Crippen molar-refractivity contribution in [1.29, 1.82) is 0 Å². The zero-order chi connectivity index (χ0) is 13.1. The number of anilines is 1. The molecule has 0 saturated carbocycles. The van der Waals surface area contributed by atoms with Crippen LogP contribution >= 0.6 is 15.9 Å². The van der Waals surface area contributed by atoms with E-state index in [0.717, 1.165) is 10.0 Å². The van der Waals surface area contributed by atoms with Crippen molar-refractivity contribution in [2.24, 2.45) is 5.92 Å². The van der Waals surface area contributed by atoms with Gasteiger partial charge in [0, 0.05) is 16.7 Å². The van der Waals surface area contributed by atoms with Crippen LogP contribution < -0.4 is 10.6 Å². The molecule has 2 rings (SSSR count). The minimum Gasteiger partial charge on any atom is -0.379 e. The Labute approximate surface area is 114 Å². The van der Waals surface area contributed by atoms with Crippen LogP contribution in [0.4, 0.5) is 5.82 Å². The van der Waals surface area contributed by atoms with Crippen LogP contribution in [0.15, 0.2) is 16.7 Å². The second-order valence-corrected chi connectivity index (χ2v) is 5.26. The van der Waals surface area contributed by atoms with Gasteiger partial charge < -0.3 is 15.4 Å². The molecule has 18 heavy (non-hydrogen) atoms. The lowest BCUT2D eigenvalue weighted by Gasteiger charge is -2.16. The number of halogens is 1. The fraction of sp³-hybridized carbons (Fsp3) is 0.500. The van der Waals surface area contributed by atoms with Gasteiger partial charge in [0.15, 0.2) is 0 Å². The minimum absolute atomic E-state index is 0.0511. The fourth-order valence-electron chi connectivity index (χ4n) is 1.98. The number of amides is 1. The molecule has 1 aliphatic rings. The molecule has 0 radical (unpaired) electrons. The van der Waals surface area contributed by atoms with Crippen LogP contribution in [0.1, 0.15) is 5.56 Å². The summed E-state index contributed by atoms with van der Waals surface area (Å²) in [5.74, 6) is 0.384. The predicted octanol–water partition coefficient (Wildman–Crippen LogP) is 1.33. The Bertz CT molecular complexity index is 453. The summed E-state index contributed by atoms with van der Waals surface area (Å²) in [5.41, 5.74) is 0.928. The molecule has 2 N–H and O–H groups in total. The number of carbonyl (C=O) groups excluding carboxylic acids is 1. The van der Waals surface area contributed by atoms with Crippen molar-refractivity contribution in [3.63, 3.8) is 0 Å². The number of hydrogen-bond donors (Lipinski definition) is 2. The zero-order valence-corrected chi connectivity index (χ0v) is 12.0. The standard InChI is InChI=1S/C12H16BrN3O2/c1-7-3-8(13)4-15-11(7)16-12(17)9-5-18-6-10(9)14-2/h3-4,9-10,14H,5-6H2,1-2H3,(H,15,16,17). The van der Waals surface area contributed by atoms with E-state index < -0.39 is 0 Å². The van der Waals surface area contributed by atoms with Crippen LogP contribution in [0.3, 0.4) is 0 Å². The molecular formula is C12H16BrN3O2. The van der Waals surface area contributed by atoms with Gasteiger partial charge in [0.2, 0.25) is 5.91 Å². The van der Waals surface area contributed by atoms with E-state index in [1.165, 1.54) is 0 Å². The highest BCUT2D eigenvalue weighted by atomic mass is 79.9. The first-order valence-electron chi connectivity index (χ1n) is 5.80. The normalized spacial score (nSPS) is 23.1. The summed E-state index contributed by atoms with van der Waals surface area (Å²) in [6, 6.07) is 1.99. The molecule has 1 aromatic heterocycles. The second-order valence-electron chi connectivity index (χ2n) is 4.35. The van der Waals surface area contributed by atoms with E-state index in [1.807, 2.05) is 20.0 Å². The number of carbonyl (C=O) groups is 1. The first kappa shape index (κ1) is 13.5.